The fourth-order valence-corrected chi connectivity index (χ4v) is 3.16. The van der Waals surface area contributed by atoms with E-state index in [1.165, 1.54) is 0 Å². The molecule has 1 atom stereocenters. The van der Waals surface area contributed by atoms with Gasteiger partial charge in [0.25, 0.3) is 0 Å². The van der Waals surface area contributed by atoms with Gasteiger partial charge in [-0.05, 0) is 12.0 Å². The molecule has 2 aromatic heterocycles. The second-order valence-electron chi connectivity index (χ2n) is 6.58. The molecule has 0 fully saturated rings. The summed E-state index contributed by atoms with van der Waals surface area (Å²) in [6.07, 6.45) is 2.18. The Labute approximate surface area is 151 Å². The van der Waals surface area contributed by atoms with Crippen LogP contribution in [0.15, 0.2) is 60.9 Å². The predicted octanol–water partition coefficient (Wildman–Crippen LogP) is 4.43. The molecule has 0 aliphatic heterocycles. The van der Waals surface area contributed by atoms with Gasteiger partial charge in [0.2, 0.25) is 0 Å². The molecule has 0 saturated carbocycles. The van der Waals surface area contributed by atoms with Gasteiger partial charge >= 0.3 is 0 Å². The Morgan fingerprint density at radius 2 is 1.88 bits per heavy atom. The number of nitrogens with zero attached hydrogens (tertiary/aromatic N) is 2. The third-order valence-corrected chi connectivity index (χ3v) is 4.52. The molecule has 130 valence electrons. The maximum atomic E-state index is 12.4. The minimum absolute atomic E-state index is 0.163. The molecule has 0 amide bonds. The minimum Gasteiger partial charge on any atom is -0.368 e. The zero-order valence-electron chi connectivity index (χ0n) is 14.6. The monoisotopic (exact) mass is 344 g/mol. The largest absolute Gasteiger partial charge is 0.368 e. The van der Waals surface area contributed by atoms with Gasteiger partial charge in [0.15, 0.2) is 11.6 Å². The smallest absolute Gasteiger partial charge is 0.163 e. The van der Waals surface area contributed by atoms with Crippen molar-refractivity contribution < 1.29 is 4.79 Å². The number of hydrogen-bond acceptors (Lipinski definition) is 4. The summed E-state index contributed by atoms with van der Waals surface area (Å²) in [5.74, 6) is 1.10. The number of anilines is 1. The quantitative estimate of drug-likeness (QED) is 0.508. The van der Waals surface area contributed by atoms with Crippen LogP contribution < -0.4 is 5.32 Å². The average molecular weight is 344 g/mol. The van der Waals surface area contributed by atoms with E-state index in [0.29, 0.717) is 13.0 Å². The zero-order valence-corrected chi connectivity index (χ0v) is 14.6. The first kappa shape index (κ1) is 16.3. The number of aromatic amines is 1. The van der Waals surface area contributed by atoms with Crippen LogP contribution in [-0.4, -0.2) is 27.3 Å². The molecule has 5 nitrogen and oxygen atoms in total. The van der Waals surface area contributed by atoms with Crippen molar-refractivity contribution >= 4 is 33.5 Å². The van der Waals surface area contributed by atoms with Crippen molar-refractivity contribution in [2.45, 2.75) is 13.3 Å². The number of hydrogen-bond donors (Lipinski definition) is 2. The Hall–Kier alpha value is -3.21. The second-order valence-corrected chi connectivity index (χ2v) is 6.58. The molecule has 1 unspecified atom stereocenters. The van der Waals surface area contributed by atoms with Gasteiger partial charge in [0, 0.05) is 23.9 Å². The maximum absolute atomic E-state index is 12.4. The van der Waals surface area contributed by atoms with Crippen molar-refractivity contribution in [3.63, 3.8) is 0 Å². The van der Waals surface area contributed by atoms with Crippen molar-refractivity contribution in [3.8, 4) is 0 Å². The maximum Gasteiger partial charge on any atom is 0.163 e. The van der Waals surface area contributed by atoms with Crippen molar-refractivity contribution in [2.75, 3.05) is 11.9 Å². The highest BCUT2D eigenvalue weighted by molar-refractivity contribution is 6.06. The SMILES string of the molecule is CC(CNc1nc2ccccc2c2[nH]cnc12)CC(=O)c1ccccc1. The first-order valence-electron chi connectivity index (χ1n) is 8.76. The number of pyridine rings is 1. The van der Waals surface area contributed by atoms with Gasteiger partial charge in [-0.1, -0.05) is 55.5 Å². The summed E-state index contributed by atoms with van der Waals surface area (Å²) >= 11 is 0. The van der Waals surface area contributed by atoms with E-state index in [1.807, 2.05) is 54.6 Å². The Kier molecular flexibility index (Phi) is 4.35. The Morgan fingerprint density at radius 3 is 2.73 bits per heavy atom. The summed E-state index contributed by atoms with van der Waals surface area (Å²) in [7, 11) is 0. The number of para-hydroxylation sites is 1. The van der Waals surface area contributed by atoms with Gasteiger partial charge in [-0.15, -0.1) is 0 Å². The normalized spacial score (nSPS) is 12.3. The highest BCUT2D eigenvalue weighted by Gasteiger charge is 2.14. The lowest BCUT2D eigenvalue weighted by Crippen LogP contribution is -2.16. The molecule has 0 aliphatic carbocycles. The van der Waals surface area contributed by atoms with Gasteiger partial charge in [0.1, 0.15) is 5.52 Å². The van der Waals surface area contributed by atoms with E-state index >= 15 is 0 Å². The number of benzene rings is 2. The van der Waals surface area contributed by atoms with E-state index in [1.54, 1.807) is 6.33 Å². The fraction of sp³-hybridized carbons (Fsp3) is 0.190. The van der Waals surface area contributed by atoms with Crippen molar-refractivity contribution in [1.82, 2.24) is 15.0 Å². The summed E-state index contributed by atoms with van der Waals surface area (Å²) in [5, 5.41) is 4.43. The Bertz CT molecular complexity index is 1060. The number of Topliss-reactive ketones (excluding diaryl/α,β-unsaturated/α-hetero) is 1. The Balaban J connectivity index is 1.50. The van der Waals surface area contributed by atoms with Gasteiger partial charge in [0.05, 0.1) is 17.4 Å². The van der Waals surface area contributed by atoms with Gasteiger partial charge in [-0.2, -0.15) is 0 Å². The molecule has 0 spiro atoms. The summed E-state index contributed by atoms with van der Waals surface area (Å²) < 4.78 is 0. The zero-order chi connectivity index (χ0) is 17.9. The van der Waals surface area contributed by atoms with Crippen LogP contribution in [0.5, 0.6) is 0 Å². The van der Waals surface area contributed by atoms with E-state index in [2.05, 4.69) is 22.2 Å². The Morgan fingerprint density at radius 1 is 1.12 bits per heavy atom. The number of H-pyrrole nitrogens is 1. The minimum atomic E-state index is 0.163. The second kappa shape index (κ2) is 6.96. The predicted molar refractivity (Wildman–Crippen MR) is 104 cm³/mol. The van der Waals surface area contributed by atoms with Crippen LogP contribution in [0.25, 0.3) is 21.9 Å². The van der Waals surface area contributed by atoms with E-state index < -0.39 is 0 Å². The van der Waals surface area contributed by atoms with Crippen molar-refractivity contribution in [1.29, 1.82) is 0 Å². The third-order valence-electron chi connectivity index (χ3n) is 4.52. The number of nitrogens with one attached hydrogen (secondary N) is 2. The van der Waals surface area contributed by atoms with Crippen LogP contribution in [0.3, 0.4) is 0 Å². The highest BCUT2D eigenvalue weighted by atomic mass is 16.1. The summed E-state index contributed by atoms with van der Waals surface area (Å²) in [5.41, 5.74) is 3.48. The molecule has 0 aliphatic rings. The molecule has 2 heterocycles. The molecule has 4 aromatic rings. The number of carbonyl (C=O) groups is 1. The average Bonchev–Trinajstić information content (AvgIpc) is 3.17. The molecular formula is C21H20N4O. The molecule has 2 N–H and O–H groups in total. The molecule has 5 heteroatoms. The first-order valence-corrected chi connectivity index (χ1v) is 8.76. The standard InChI is InChI=1S/C21H20N4O/c1-14(11-18(26)15-7-3-2-4-8-15)12-22-21-20-19(23-13-24-20)16-9-5-6-10-17(16)25-21/h2-10,13-14H,11-12H2,1H3,(H,22,25)(H,23,24). The first-order chi connectivity index (χ1) is 12.7. The van der Waals surface area contributed by atoms with Gasteiger partial charge in [-0.25, -0.2) is 9.97 Å². The van der Waals surface area contributed by atoms with E-state index in [4.69, 9.17) is 4.98 Å². The topological polar surface area (TPSA) is 70.7 Å². The summed E-state index contributed by atoms with van der Waals surface area (Å²) in [6.45, 7) is 2.72. The lowest BCUT2D eigenvalue weighted by Gasteiger charge is -2.13. The number of imidazole rings is 1. The fourth-order valence-electron chi connectivity index (χ4n) is 3.16. The lowest BCUT2D eigenvalue weighted by atomic mass is 10.00. The summed E-state index contributed by atoms with van der Waals surface area (Å²) in [4.78, 5) is 24.7. The van der Waals surface area contributed by atoms with Crippen LogP contribution in [0.1, 0.15) is 23.7 Å². The molecule has 0 saturated heterocycles. The van der Waals surface area contributed by atoms with Gasteiger partial charge in [-0.3, -0.25) is 4.79 Å². The van der Waals surface area contributed by atoms with Crippen LogP contribution >= 0.6 is 0 Å². The summed E-state index contributed by atoms with van der Waals surface area (Å²) in [6, 6.07) is 17.4. The van der Waals surface area contributed by atoms with Crippen LogP contribution in [-0.2, 0) is 0 Å². The van der Waals surface area contributed by atoms with Crippen LogP contribution in [0, 0.1) is 5.92 Å². The van der Waals surface area contributed by atoms with Gasteiger partial charge < -0.3 is 10.3 Å². The molecule has 0 bridgehead atoms. The molecular weight excluding hydrogens is 324 g/mol. The molecule has 0 radical (unpaired) electrons. The molecule has 4 rings (SSSR count). The number of rotatable bonds is 6. The number of fused-ring (bicyclic) bond motifs is 3. The highest BCUT2D eigenvalue weighted by Crippen LogP contribution is 2.26. The van der Waals surface area contributed by atoms with Crippen molar-refractivity contribution in [3.05, 3.63) is 66.5 Å². The van der Waals surface area contributed by atoms with E-state index in [-0.39, 0.29) is 11.7 Å². The van der Waals surface area contributed by atoms with Crippen LogP contribution in [0.4, 0.5) is 5.82 Å². The third kappa shape index (κ3) is 3.16. The molecule has 26 heavy (non-hydrogen) atoms. The van der Waals surface area contributed by atoms with Crippen molar-refractivity contribution in [2.24, 2.45) is 5.92 Å². The van der Waals surface area contributed by atoms with Crippen LogP contribution in [0.2, 0.25) is 0 Å². The van der Waals surface area contributed by atoms with E-state index in [0.717, 1.165) is 33.3 Å². The molecule has 2 aromatic carbocycles. The number of ketones is 1. The van der Waals surface area contributed by atoms with E-state index in [9.17, 15) is 4.79 Å². The number of carbonyl (C=O) groups excluding carboxylic acids is 1. The lowest BCUT2D eigenvalue weighted by molar-refractivity contribution is 0.0966. The number of aromatic nitrogens is 3.